The quantitative estimate of drug-likeness (QED) is 0.905. The summed E-state index contributed by atoms with van der Waals surface area (Å²) in [6.45, 7) is 10.5. The van der Waals surface area contributed by atoms with Crippen molar-refractivity contribution in [3.63, 3.8) is 0 Å². The first-order valence-corrected chi connectivity index (χ1v) is 9.47. The van der Waals surface area contributed by atoms with E-state index in [1.165, 1.54) is 11.3 Å². The second-order valence-electron chi connectivity index (χ2n) is 9.14. The zero-order valence-corrected chi connectivity index (χ0v) is 16.2. The van der Waals surface area contributed by atoms with Gasteiger partial charge in [-0.25, -0.2) is 4.98 Å². The molecule has 3 aliphatic rings. The van der Waals surface area contributed by atoms with Crippen molar-refractivity contribution in [1.82, 2.24) is 24.7 Å². The van der Waals surface area contributed by atoms with Crippen LogP contribution >= 0.6 is 0 Å². The number of carbonyl (C=O) groups is 1. The van der Waals surface area contributed by atoms with Gasteiger partial charge in [0.15, 0.2) is 5.82 Å². The zero-order chi connectivity index (χ0) is 18.5. The lowest BCUT2D eigenvalue weighted by molar-refractivity contribution is 0.0773. The van der Waals surface area contributed by atoms with E-state index < -0.39 is 0 Å². The highest BCUT2D eigenvalue weighted by Gasteiger charge is 2.40. The molecule has 6 nitrogen and oxygen atoms in total. The molecule has 2 aliphatic heterocycles. The number of hydrogen-bond donors (Lipinski definition) is 1. The molecule has 4 rings (SSSR count). The number of H-pyrrole nitrogens is 1. The minimum atomic E-state index is 0.0218. The Bertz CT molecular complexity index is 743. The highest BCUT2D eigenvalue weighted by Crippen LogP contribution is 2.42. The molecule has 0 bridgehead atoms. The predicted octanol–water partition coefficient (Wildman–Crippen LogP) is 2.52. The molecule has 0 spiro atoms. The fraction of sp³-hybridized carbons (Fsp3) is 0.600. The number of imidazole rings is 1. The first kappa shape index (κ1) is 17.2. The Balaban J connectivity index is 1.46. The van der Waals surface area contributed by atoms with Crippen LogP contribution in [0.3, 0.4) is 0 Å². The van der Waals surface area contributed by atoms with E-state index in [4.69, 9.17) is 0 Å². The highest BCUT2D eigenvalue weighted by molar-refractivity contribution is 5.90. The summed E-state index contributed by atoms with van der Waals surface area (Å²) in [7, 11) is 2.14. The van der Waals surface area contributed by atoms with Gasteiger partial charge in [-0.15, -0.1) is 0 Å². The van der Waals surface area contributed by atoms with E-state index in [0.29, 0.717) is 17.7 Å². The molecular weight excluding hydrogens is 326 g/mol. The Morgan fingerprint density at radius 1 is 1.35 bits per heavy atom. The summed E-state index contributed by atoms with van der Waals surface area (Å²) in [6, 6.07) is 0. The number of nitrogens with zero attached hydrogens (tertiary/aromatic N) is 4. The second-order valence-corrected chi connectivity index (χ2v) is 9.14. The summed E-state index contributed by atoms with van der Waals surface area (Å²) in [5.41, 5.74) is 3.10. The van der Waals surface area contributed by atoms with Gasteiger partial charge in [-0.1, -0.05) is 26.8 Å². The number of carbonyl (C=O) groups excluding carboxylic acids is 1. The average molecular weight is 355 g/mol. The van der Waals surface area contributed by atoms with Crippen LogP contribution in [0.15, 0.2) is 35.9 Å². The molecule has 1 N–H and O–H groups in total. The van der Waals surface area contributed by atoms with Crippen molar-refractivity contribution in [2.45, 2.75) is 27.2 Å². The molecule has 2 unspecified atom stereocenters. The molecule has 26 heavy (non-hydrogen) atoms. The number of aromatic nitrogens is 2. The third-order valence-electron chi connectivity index (χ3n) is 5.45. The molecule has 1 saturated heterocycles. The van der Waals surface area contributed by atoms with Crippen LogP contribution in [0.4, 0.5) is 0 Å². The van der Waals surface area contributed by atoms with Gasteiger partial charge < -0.3 is 19.7 Å². The van der Waals surface area contributed by atoms with E-state index in [9.17, 15) is 4.79 Å². The molecule has 140 valence electrons. The normalized spacial score (nSPS) is 25.6. The largest absolute Gasteiger partial charge is 0.361 e. The van der Waals surface area contributed by atoms with E-state index >= 15 is 0 Å². The van der Waals surface area contributed by atoms with Gasteiger partial charge in [-0.05, 0) is 29.2 Å². The van der Waals surface area contributed by atoms with Crippen LogP contribution in [0.2, 0.25) is 0 Å². The molecule has 1 aliphatic carbocycles. The minimum absolute atomic E-state index is 0.0218. The van der Waals surface area contributed by atoms with Crippen LogP contribution in [0, 0.1) is 17.3 Å². The van der Waals surface area contributed by atoms with Crippen molar-refractivity contribution in [2.24, 2.45) is 17.3 Å². The Morgan fingerprint density at radius 3 is 2.81 bits per heavy atom. The van der Waals surface area contributed by atoms with Gasteiger partial charge in [0.2, 0.25) is 0 Å². The van der Waals surface area contributed by atoms with Gasteiger partial charge in [-0.2, -0.15) is 0 Å². The fourth-order valence-electron chi connectivity index (χ4n) is 4.47. The summed E-state index contributed by atoms with van der Waals surface area (Å²) in [6.07, 6.45) is 9.10. The maximum atomic E-state index is 12.5. The number of rotatable bonds is 3. The van der Waals surface area contributed by atoms with Gasteiger partial charge in [0, 0.05) is 45.3 Å². The molecule has 0 radical (unpaired) electrons. The van der Waals surface area contributed by atoms with E-state index in [1.807, 2.05) is 4.90 Å². The molecule has 0 saturated carbocycles. The lowest BCUT2D eigenvalue weighted by atomic mass is 9.95. The van der Waals surface area contributed by atoms with Crippen LogP contribution in [-0.4, -0.2) is 63.9 Å². The minimum Gasteiger partial charge on any atom is -0.361 e. The van der Waals surface area contributed by atoms with E-state index in [0.717, 1.165) is 32.7 Å². The van der Waals surface area contributed by atoms with Gasteiger partial charge in [0.05, 0.1) is 12.4 Å². The first-order chi connectivity index (χ1) is 12.3. The van der Waals surface area contributed by atoms with Gasteiger partial charge in [0.1, 0.15) is 0 Å². The van der Waals surface area contributed by atoms with Crippen LogP contribution in [0.1, 0.15) is 37.8 Å². The van der Waals surface area contributed by atoms with Crippen LogP contribution < -0.4 is 0 Å². The van der Waals surface area contributed by atoms with E-state index in [1.54, 1.807) is 12.4 Å². The van der Waals surface area contributed by atoms with Crippen molar-refractivity contribution in [1.29, 1.82) is 0 Å². The maximum absolute atomic E-state index is 12.5. The number of aromatic amines is 1. The lowest BCUT2D eigenvalue weighted by Crippen LogP contribution is -2.33. The third-order valence-corrected chi connectivity index (χ3v) is 5.45. The fourth-order valence-corrected chi connectivity index (χ4v) is 4.47. The van der Waals surface area contributed by atoms with Crippen molar-refractivity contribution in [3.05, 3.63) is 41.8 Å². The zero-order valence-electron chi connectivity index (χ0n) is 16.2. The van der Waals surface area contributed by atoms with E-state index in [-0.39, 0.29) is 11.3 Å². The molecular formula is C20H29N5O. The smallest absolute Gasteiger partial charge is 0.289 e. The molecule has 6 heteroatoms. The monoisotopic (exact) mass is 355 g/mol. The molecule has 1 aromatic rings. The number of allylic oxidation sites excluding steroid dienone is 1. The van der Waals surface area contributed by atoms with Crippen molar-refractivity contribution >= 4 is 5.91 Å². The predicted molar refractivity (Wildman–Crippen MR) is 101 cm³/mol. The average Bonchev–Trinajstić information content (AvgIpc) is 3.26. The van der Waals surface area contributed by atoms with Gasteiger partial charge in [-0.3, -0.25) is 4.79 Å². The van der Waals surface area contributed by atoms with Crippen LogP contribution in [0.5, 0.6) is 0 Å². The molecule has 3 heterocycles. The maximum Gasteiger partial charge on any atom is 0.289 e. The summed E-state index contributed by atoms with van der Waals surface area (Å²) >= 11 is 0. The molecule has 2 atom stereocenters. The molecule has 1 amide bonds. The van der Waals surface area contributed by atoms with Crippen LogP contribution in [0.25, 0.3) is 0 Å². The topological polar surface area (TPSA) is 55.5 Å². The van der Waals surface area contributed by atoms with Gasteiger partial charge >= 0.3 is 0 Å². The second kappa shape index (κ2) is 6.18. The summed E-state index contributed by atoms with van der Waals surface area (Å²) in [4.78, 5) is 26.3. The number of amides is 1. The Labute approximate surface area is 155 Å². The number of hydrogen-bond acceptors (Lipinski definition) is 4. The summed E-state index contributed by atoms with van der Waals surface area (Å²) in [5.74, 6) is 1.47. The number of fused-ring (bicyclic) bond motifs is 1. The lowest BCUT2D eigenvalue weighted by Gasteiger charge is -2.31. The number of nitrogens with one attached hydrogen (secondary N) is 1. The van der Waals surface area contributed by atoms with Crippen LogP contribution in [-0.2, 0) is 0 Å². The Morgan fingerprint density at radius 2 is 2.15 bits per heavy atom. The Hall–Kier alpha value is -2.24. The molecule has 1 aromatic heterocycles. The molecule has 0 aromatic carbocycles. The van der Waals surface area contributed by atoms with E-state index in [2.05, 4.69) is 59.9 Å². The first-order valence-electron chi connectivity index (χ1n) is 9.47. The van der Waals surface area contributed by atoms with Crippen molar-refractivity contribution in [2.75, 3.05) is 33.4 Å². The molecule has 1 fully saturated rings. The summed E-state index contributed by atoms with van der Waals surface area (Å²) in [5, 5.41) is 0. The Kier molecular flexibility index (Phi) is 4.09. The van der Waals surface area contributed by atoms with Gasteiger partial charge in [0.25, 0.3) is 5.91 Å². The standard InChI is InChI=1S/C20H29N5O/c1-20(2,3)12-25-13-23(4)11-17(25)14-7-15-9-24(10-16(15)8-14)19(26)18-21-5-6-22-18/h5-7,11,15-16H,8-10,12-13H2,1-4H3,(H,21,22). The third kappa shape index (κ3) is 3.24. The number of likely N-dealkylation sites (tertiary alicyclic amines) is 1. The highest BCUT2D eigenvalue weighted by atomic mass is 16.2. The SMILES string of the molecule is CN1C=C(C2=CC3CN(C(=O)c4ncc[nH]4)CC3C2)N(CC(C)(C)C)C1. The van der Waals surface area contributed by atoms with Crippen molar-refractivity contribution < 1.29 is 4.79 Å². The van der Waals surface area contributed by atoms with Crippen molar-refractivity contribution in [3.8, 4) is 0 Å². The summed E-state index contributed by atoms with van der Waals surface area (Å²) < 4.78 is 0.